The van der Waals surface area contributed by atoms with Crippen LogP contribution in [0.1, 0.15) is 29.2 Å². The van der Waals surface area contributed by atoms with Gasteiger partial charge in [0.2, 0.25) is 0 Å². The molecule has 3 heterocycles. The Kier molecular flexibility index (Phi) is 4.09. The van der Waals surface area contributed by atoms with Gasteiger partial charge in [0.25, 0.3) is 5.91 Å². The van der Waals surface area contributed by atoms with Crippen molar-refractivity contribution >= 4 is 11.7 Å². The van der Waals surface area contributed by atoms with Crippen LogP contribution in [0.4, 0.5) is 0 Å². The van der Waals surface area contributed by atoms with Crippen LogP contribution in [0.3, 0.4) is 0 Å². The molecule has 6 nitrogen and oxygen atoms in total. The van der Waals surface area contributed by atoms with Gasteiger partial charge < -0.3 is 15.8 Å². The van der Waals surface area contributed by atoms with E-state index < -0.39 is 12.0 Å². The minimum atomic E-state index is -0.595. The van der Waals surface area contributed by atoms with Gasteiger partial charge in [-0.3, -0.25) is 14.8 Å². The zero-order valence-electron chi connectivity index (χ0n) is 13.8. The Hall–Kier alpha value is -2.89. The number of rotatable bonds is 5. The first-order valence-electron chi connectivity index (χ1n) is 8.48. The molecule has 0 saturated heterocycles. The highest BCUT2D eigenvalue weighted by molar-refractivity contribution is 5.85. The number of carbonyl (C=O) groups excluding carboxylic acids is 1. The van der Waals surface area contributed by atoms with E-state index in [0.717, 1.165) is 47.9 Å². The van der Waals surface area contributed by atoms with Gasteiger partial charge in [0.15, 0.2) is 6.10 Å². The number of para-hydroxylation sites is 1. The number of hydrogen-bond acceptors (Lipinski definition) is 5. The van der Waals surface area contributed by atoms with Crippen molar-refractivity contribution in [2.75, 3.05) is 13.1 Å². The number of aromatic nitrogens is 1. The number of amidine groups is 1. The van der Waals surface area contributed by atoms with Crippen LogP contribution in [0.5, 0.6) is 5.75 Å². The highest BCUT2D eigenvalue weighted by Crippen LogP contribution is 2.40. The van der Waals surface area contributed by atoms with Crippen molar-refractivity contribution in [3.8, 4) is 5.75 Å². The van der Waals surface area contributed by atoms with Crippen LogP contribution >= 0.6 is 0 Å². The molecule has 0 spiro atoms. The minimum absolute atomic E-state index is 0.00660. The monoisotopic (exact) mass is 336 g/mol. The lowest BCUT2D eigenvalue weighted by Crippen LogP contribution is -2.32. The van der Waals surface area contributed by atoms with Gasteiger partial charge in [-0.2, -0.15) is 0 Å². The summed E-state index contributed by atoms with van der Waals surface area (Å²) in [5.41, 5.74) is 8.44. The number of nitrogens with zero attached hydrogens (tertiary/aromatic N) is 2. The molecule has 0 aliphatic carbocycles. The van der Waals surface area contributed by atoms with Gasteiger partial charge in [-0.1, -0.05) is 24.3 Å². The predicted molar refractivity (Wildman–Crippen MR) is 94.8 cm³/mol. The Balaban J connectivity index is 1.74. The summed E-state index contributed by atoms with van der Waals surface area (Å²) in [7, 11) is 0. The Morgan fingerprint density at radius 1 is 1.32 bits per heavy atom. The molecule has 2 atom stereocenters. The third-order valence-corrected chi connectivity index (χ3v) is 4.67. The van der Waals surface area contributed by atoms with E-state index in [4.69, 9.17) is 10.5 Å². The van der Waals surface area contributed by atoms with Gasteiger partial charge in [-0.15, -0.1) is 0 Å². The number of carbonyl (C=O) groups is 1. The van der Waals surface area contributed by atoms with E-state index in [1.807, 2.05) is 36.4 Å². The molecule has 0 radical (unpaired) electrons. The van der Waals surface area contributed by atoms with Crippen LogP contribution in [0.25, 0.3) is 0 Å². The first-order chi connectivity index (χ1) is 12.2. The zero-order valence-corrected chi connectivity index (χ0v) is 13.8. The van der Waals surface area contributed by atoms with Crippen molar-refractivity contribution in [2.24, 2.45) is 10.7 Å². The average Bonchev–Trinajstić information content (AvgIpc) is 3.29. The molecule has 2 unspecified atom stereocenters. The Morgan fingerprint density at radius 2 is 2.24 bits per heavy atom. The Morgan fingerprint density at radius 3 is 2.96 bits per heavy atom. The topological polar surface area (TPSA) is 89.6 Å². The number of ether oxygens (including phenoxy) is 1. The van der Waals surface area contributed by atoms with E-state index in [0.29, 0.717) is 6.42 Å². The van der Waals surface area contributed by atoms with Crippen LogP contribution < -0.4 is 15.8 Å². The molecule has 0 bridgehead atoms. The van der Waals surface area contributed by atoms with Gasteiger partial charge >= 0.3 is 0 Å². The Bertz CT molecular complexity index is 819. The van der Waals surface area contributed by atoms with Crippen molar-refractivity contribution < 1.29 is 9.53 Å². The molecule has 1 amide bonds. The quantitative estimate of drug-likeness (QED) is 0.863. The summed E-state index contributed by atoms with van der Waals surface area (Å²) in [6, 6.07) is 11.9. The lowest BCUT2D eigenvalue weighted by Gasteiger charge is -2.20. The normalized spacial score (nSPS) is 19.5. The van der Waals surface area contributed by atoms with Gasteiger partial charge in [-0.05, 0) is 17.7 Å². The molecule has 2 aliphatic rings. The number of pyridine rings is 1. The summed E-state index contributed by atoms with van der Waals surface area (Å²) in [6.45, 7) is 1.68. The molecule has 0 fully saturated rings. The number of nitrogens with two attached hydrogens (primary N) is 1. The fourth-order valence-electron chi connectivity index (χ4n) is 3.46. The smallest absolute Gasteiger partial charge is 0.258 e. The van der Waals surface area contributed by atoms with Crippen LogP contribution in [-0.2, 0) is 11.2 Å². The van der Waals surface area contributed by atoms with E-state index in [-0.39, 0.29) is 5.92 Å². The first kappa shape index (κ1) is 15.6. The van der Waals surface area contributed by atoms with E-state index in [1.165, 1.54) is 0 Å². The lowest BCUT2D eigenvalue weighted by molar-refractivity contribution is -0.123. The summed E-state index contributed by atoms with van der Waals surface area (Å²) in [6.07, 6.45) is 2.44. The summed E-state index contributed by atoms with van der Waals surface area (Å²) < 4.78 is 5.90. The van der Waals surface area contributed by atoms with E-state index >= 15 is 0 Å². The fraction of sp³-hybridized carbons (Fsp3) is 0.316. The summed E-state index contributed by atoms with van der Waals surface area (Å²) in [4.78, 5) is 20.6. The number of primary amides is 1. The number of hydrogen-bond donors (Lipinski definition) is 2. The SMILES string of the molecule is NC(=O)C1Cc2cccc(C(CC3=NCCN3)c3ccccn3)c2O1. The van der Waals surface area contributed by atoms with Crippen LogP contribution in [-0.4, -0.2) is 35.9 Å². The third kappa shape index (κ3) is 3.07. The molecule has 3 N–H and O–H groups in total. The standard InChI is InChI=1S/C19H20N4O2/c20-19(24)16-10-12-4-3-5-13(18(12)25-16)14(11-17-22-8-9-23-17)15-6-1-2-7-21-15/h1-7,14,16H,8-11H2,(H2,20,24)(H,22,23). The largest absolute Gasteiger partial charge is 0.480 e. The summed E-state index contributed by atoms with van der Waals surface area (Å²) in [5.74, 6) is 1.32. The molecular formula is C19H20N4O2. The number of benzene rings is 1. The minimum Gasteiger partial charge on any atom is -0.480 e. The van der Waals surface area contributed by atoms with Crippen molar-refractivity contribution in [3.63, 3.8) is 0 Å². The van der Waals surface area contributed by atoms with E-state index in [1.54, 1.807) is 6.20 Å². The first-order valence-corrected chi connectivity index (χ1v) is 8.48. The molecular weight excluding hydrogens is 316 g/mol. The molecule has 2 aromatic rings. The van der Waals surface area contributed by atoms with Crippen LogP contribution in [0.2, 0.25) is 0 Å². The molecule has 1 aromatic carbocycles. The van der Waals surface area contributed by atoms with Crippen LogP contribution in [0.15, 0.2) is 47.6 Å². The highest BCUT2D eigenvalue weighted by atomic mass is 16.5. The second kappa shape index (κ2) is 6.55. The van der Waals surface area contributed by atoms with E-state index in [9.17, 15) is 4.79 Å². The summed E-state index contributed by atoms with van der Waals surface area (Å²) in [5, 5.41) is 3.33. The molecule has 6 heteroatoms. The third-order valence-electron chi connectivity index (χ3n) is 4.67. The second-order valence-electron chi connectivity index (χ2n) is 6.31. The molecule has 128 valence electrons. The number of nitrogens with one attached hydrogen (secondary N) is 1. The molecule has 1 aromatic heterocycles. The molecule has 25 heavy (non-hydrogen) atoms. The Labute approximate surface area is 146 Å². The molecule has 0 saturated carbocycles. The maximum absolute atomic E-state index is 11.6. The lowest BCUT2D eigenvalue weighted by atomic mass is 9.89. The van der Waals surface area contributed by atoms with Gasteiger partial charge in [0, 0.05) is 42.8 Å². The van der Waals surface area contributed by atoms with Gasteiger partial charge in [-0.25, -0.2) is 0 Å². The number of amides is 1. The van der Waals surface area contributed by atoms with Crippen molar-refractivity contribution in [3.05, 3.63) is 59.4 Å². The second-order valence-corrected chi connectivity index (χ2v) is 6.31. The molecule has 4 rings (SSSR count). The van der Waals surface area contributed by atoms with Crippen LogP contribution in [0, 0.1) is 0 Å². The van der Waals surface area contributed by atoms with Gasteiger partial charge in [0.1, 0.15) is 5.75 Å². The van der Waals surface area contributed by atoms with Crippen molar-refractivity contribution in [1.82, 2.24) is 10.3 Å². The van der Waals surface area contributed by atoms with Crippen molar-refractivity contribution in [2.45, 2.75) is 24.9 Å². The summed E-state index contributed by atoms with van der Waals surface area (Å²) >= 11 is 0. The number of fused-ring (bicyclic) bond motifs is 1. The van der Waals surface area contributed by atoms with Gasteiger partial charge in [0.05, 0.1) is 12.4 Å². The van der Waals surface area contributed by atoms with Crippen molar-refractivity contribution in [1.29, 1.82) is 0 Å². The maximum Gasteiger partial charge on any atom is 0.258 e. The average molecular weight is 336 g/mol. The highest BCUT2D eigenvalue weighted by Gasteiger charge is 2.32. The van der Waals surface area contributed by atoms with E-state index in [2.05, 4.69) is 15.3 Å². The predicted octanol–water partition coefficient (Wildman–Crippen LogP) is 1.39. The maximum atomic E-state index is 11.6. The fourth-order valence-corrected chi connectivity index (χ4v) is 3.46. The zero-order chi connectivity index (χ0) is 17.2. The number of aliphatic imine (C=N–C) groups is 1. The molecule has 2 aliphatic heterocycles.